The number of rotatable bonds is 5. The number of carbonyl (C=O) groups is 1. The van der Waals surface area contributed by atoms with Gasteiger partial charge in [-0.25, -0.2) is 4.98 Å². The highest BCUT2D eigenvalue weighted by Gasteiger charge is 2.30. The summed E-state index contributed by atoms with van der Waals surface area (Å²) in [6.07, 6.45) is 1.20. The molecule has 0 aliphatic carbocycles. The van der Waals surface area contributed by atoms with E-state index in [1.807, 2.05) is 58.2 Å². The van der Waals surface area contributed by atoms with E-state index in [0.29, 0.717) is 5.02 Å². The van der Waals surface area contributed by atoms with Crippen LogP contribution in [0.2, 0.25) is 5.02 Å². The van der Waals surface area contributed by atoms with Crippen molar-refractivity contribution >= 4 is 60.6 Å². The molecule has 0 N–H and O–H groups in total. The van der Waals surface area contributed by atoms with E-state index in [-0.39, 0.29) is 5.78 Å². The van der Waals surface area contributed by atoms with Crippen molar-refractivity contribution in [3.63, 3.8) is 0 Å². The minimum absolute atomic E-state index is 0.0299. The average Bonchev–Trinajstić information content (AvgIpc) is 3.43. The third-order valence-electron chi connectivity index (χ3n) is 5.76. The van der Waals surface area contributed by atoms with Gasteiger partial charge < -0.3 is 4.74 Å². The second-order valence-electron chi connectivity index (χ2n) is 9.66. The van der Waals surface area contributed by atoms with E-state index in [4.69, 9.17) is 21.3 Å². The summed E-state index contributed by atoms with van der Waals surface area (Å²) in [5.41, 5.74) is 5.28. The normalized spacial score (nSPS) is 13.0. The second kappa shape index (κ2) is 9.10. The van der Waals surface area contributed by atoms with Crippen molar-refractivity contribution in [1.29, 1.82) is 0 Å². The molecule has 2 aromatic heterocycles. The van der Waals surface area contributed by atoms with Gasteiger partial charge in [0.1, 0.15) is 11.1 Å². The lowest BCUT2D eigenvalue weighted by molar-refractivity contribution is -0.138. The van der Waals surface area contributed by atoms with Crippen LogP contribution in [0.4, 0.5) is 0 Å². The minimum atomic E-state index is -0.691. The lowest BCUT2D eigenvalue weighted by atomic mass is 9.90. The number of ether oxygens (including phenoxy) is 1. The van der Waals surface area contributed by atoms with Crippen LogP contribution in [-0.4, -0.2) is 20.7 Å². The molecule has 0 bridgehead atoms. The zero-order chi connectivity index (χ0) is 24.9. The molecule has 5 rings (SSSR count). The van der Waals surface area contributed by atoms with Crippen LogP contribution in [0, 0.1) is 6.92 Å². The first-order valence-corrected chi connectivity index (χ1v) is 13.3. The molecule has 0 saturated heterocycles. The summed E-state index contributed by atoms with van der Waals surface area (Å²) >= 11 is 9.34. The third kappa shape index (κ3) is 4.76. The molecule has 0 amide bonds. The van der Waals surface area contributed by atoms with Crippen molar-refractivity contribution in [3.8, 4) is 21.7 Å². The SMILES string of the molecule is CC(=O)[C@@H](OC(C)(C)C)c1c(C)cc2nc(-c3ccc4sncc4c3)sc2c1-c1ccc(Cl)cc1. The summed E-state index contributed by atoms with van der Waals surface area (Å²) < 4.78 is 12.8. The number of ketones is 1. The van der Waals surface area contributed by atoms with Gasteiger partial charge in [0.2, 0.25) is 0 Å². The maximum atomic E-state index is 12.9. The van der Waals surface area contributed by atoms with Gasteiger partial charge in [0, 0.05) is 33.3 Å². The molecule has 3 aromatic carbocycles. The number of aryl methyl sites for hydroxylation is 1. The van der Waals surface area contributed by atoms with Crippen molar-refractivity contribution in [2.75, 3.05) is 0 Å². The lowest BCUT2D eigenvalue weighted by Gasteiger charge is -2.29. The van der Waals surface area contributed by atoms with Gasteiger partial charge in [-0.2, -0.15) is 4.37 Å². The van der Waals surface area contributed by atoms with Crippen molar-refractivity contribution in [1.82, 2.24) is 9.36 Å². The lowest BCUT2D eigenvalue weighted by Crippen LogP contribution is -2.27. The van der Waals surface area contributed by atoms with E-state index >= 15 is 0 Å². The molecule has 0 spiro atoms. The molecule has 1 atom stereocenters. The van der Waals surface area contributed by atoms with Crippen molar-refractivity contribution in [2.24, 2.45) is 0 Å². The Hall–Kier alpha value is -2.64. The summed E-state index contributed by atoms with van der Waals surface area (Å²) in [6.45, 7) is 9.53. The molecule has 7 heteroatoms. The Balaban J connectivity index is 1.78. The number of hydrogen-bond donors (Lipinski definition) is 0. The van der Waals surface area contributed by atoms with Crippen molar-refractivity contribution in [3.05, 3.63) is 70.9 Å². The van der Waals surface area contributed by atoms with E-state index in [1.165, 1.54) is 11.5 Å². The van der Waals surface area contributed by atoms with Crippen LogP contribution in [0.5, 0.6) is 0 Å². The largest absolute Gasteiger partial charge is 0.360 e. The molecule has 35 heavy (non-hydrogen) atoms. The molecular weight excluding hydrogens is 496 g/mol. The molecule has 0 aliphatic heterocycles. The van der Waals surface area contributed by atoms with Crippen LogP contribution >= 0.6 is 34.5 Å². The van der Waals surface area contributed by atoms with E-state index < -0.39 is 11.7 Å². The van der Waals surface area contributed by atoms with Crippen LogP contribution in [-0.2, 0) is 9.53 Å². The summed E-state index contributed by atoms with van der Waals surface area (Å²) in [7, 11) is 0. The van der Waals surface area contributed by atoms with Gasteiger partial charge in [0.05, 0.1) is 20.5 Å². The molecule has 0 aliphatic rings. The fourth-order valence-electron chi connectivity index (χ4n) is 4.28. The van der Waals surface area contributed by atoms with Gasteiger partial charge in [-0.1, -0.05) is 29.8 Å². The number of halogens is 1. The minimum Gasteiger partial charge on any atom is -0.360 e. The summed E-state index contributed by atoms with van der Waals surface area (Å²) in [5.74, 6) is -0.0299. The number of nitrogens with zero attached hydrogens (tertiary/aromatic N) is 2. The quantitative estimate of drug-likeness (QED) is 0.232. The van der Waals surface area contributed by atoms with Gasteiger partial charge in [-0.3, -0.25) is 4.79 Å². The van der Waals surface area contributed by atoms with Crippen LogP contribution in [0.3, 0.4) is 0 Å². The standard InChI is InChI=1S/C28H25ClN2O2S2/c1-15-12-21-26(34-27(31-21)18-8-11-22-19(13-18)14-30-35-22)24(17-6-9-20(29)10-7-17)23(15)25(16(2)32)33-28(3,4)5/h6-14,25H,1-5H3/t25-/m1/s1. The fraction of sp³-hybridized carbons (Fsp3) is 0.250. The molecule has 0 fully saturated rings. The van der Waals surface area contributed by atoms with E-state index in [0.717, 1.165) is 53.1 Å². The van der Waals surface area contributed by atoms with Gasteiger partial charge in [0.25, 0.3) is 0 Å². The zero-order valence-corrected chi connectivity index (χ0v) is 22.6. The van der Waals surface area contributed by atoms with Crippen LogP contribution < -0.4 is 0 Å². The predicted octanol–water partition coefficient (Wildman–Crippen LogP) is 8.65. The smallest absolute Gasteiger partial charge is 0.163 e. The highest BCUT2D eigenvalue weighted by molar-refractivity contribution is 7.22. The summed E-state index contributed by atoms with van der Waals surface area (Å²) in [5, 5.41) is 2.70. The van der Waals surface area contributed by atoms with Crippen molar-refractivity contribution < 1.29 is 9.53 Å². The Bertz CT molecular complexity index is 1560. The van der Waals surface area contributed by atoms with E-state index in [1.54, 1.807) is 18.3 Å². The number of benzene rings is 3. The number of thiazole rings is 1. The van der Waals surface area contributed by atoms with Crippen LogP contribution in [0.25, 0.3) is 42.0 Å². The maximum absolute atomic E-state index is 12.9. The van der Waals surface area contributed by atoms with Gasteiger partial charge >= 0.3 is 0 Å². The molecule has 5 aromatic rings. The van der Waals surface area contributed by atoms with E-state index in [2.05, 4.69) is 28.6 Å². The number of hydrogen-bond acceptors (Lipinski definition) is 6. The number of fused-ring (bicyclic) bond motifs is 2. The molecular formula is C28H25ClN2O2S2. The average molecular weight is 521 g/mol. The first kappa shape index (κ1) is 24.1. The first-order chi connectivity index (χ1) is 16.6. The monoisotopic (exact) mass is 520 g/mol. The first-order valence-electron chi connectivity index (χ1n) is 11.3. The van der Waals surface area contributed by atoms with Crippen LogP contribution in [0.1, 0.15) is 44.9 Å². The maximum Gasteiger partial charge on any atom is 0.163 e. The molecule has 0 saturated carbocycles. The van der Waals surface area contributed by atoms with Gasteiger partial charge in [-0.15, -0.1) is 11.3 Å². The Kier molecular flexibility index (Phi) is 6.26. The molecule has 4 nitrogen and oxygen atoms in total. The number of Topliss-reactive ketones (excluding diaryl/α,β-unsaturated/α-hetero) is 1. The highest BCUT2D eigenvalue weighted by atomic mass is 35.5. The second-order valence-corrected chi connectivity index (χ2v) is 11.9. The third-order valence-corrected chi connectivity index (χ3v) is 7.93. The molecule has 178 valence electrons. The highest BCUT2D eigenvalue weighted by Crippen LogP contribution is 2.44. The number of carbonyl (C=O) groups excluding carboxylic acids is 1. The Morgan fingerprint density at radius 1 is 1.06 bits per heavy atom. The molecule has 0 unspecified atom stereocenters. The fourth-order valence-corrected chi connectivity index (χ4v) is 6.15. The Labute approximate surface area is 217 Å². The topological polar surface area (TPSA) is 52.1 Å². The van der Waals surface area contributed by atoms with Crippen LogP contribution in [0.15, 0.2) is 54.7 Å². The van der Waals surface area contributed by atoms with Gasteiger partial charge in [0.15, 0.2) is 5.78 Å². The summed E-state index contributed by atoms with van der Waals surface area (Å²) in [4.78, 5) is 17.9. The predicted molar refractivity (Wildman–Crippen MR) is 148 cm³/mol. The molecule has 2 heterocycles. The van der Waals surface area contributed by atoms with Gasteiger partial charge in [-0.05, 0) is 87.6 Å². The summed E-state index contributed by atoms with van der Waals surface area (Å²) in [6, 6.07) is 16.1. The number of aromatic nitrogens is 2. The molecule has 0 radical (unpaired) electrons. The Morgan fingerprint density at radius 3 is 2.46 bits per heavy atom. The van der Waals surface area contributed by atoms with E-state index in [9.17, 15) is 4.79 Å². The zero-order valence-electron chi connectivity index (χ0n) is 20.2. The Morgan fingerprint density at radius 2 is 1.77 bits per heavy atom. The van der Waals surface area contributed by atoms with Crippen molar-refractivity contribution in [2.45, 2.75) is 46.3 Å².